The van der Waals surface area contributed by atoms with E-state index in [1.165, 1.54) is 0 Å². The van der Waals surface area contributed by atoms with E-state index in [2.05, 4.69) is 25.6 Å². The van der Waals surface area contributed by atoms with Crippen molar-refractivity contribution in [2.45, 2.75) is 50.3 Å². The molecule has 8 heteroatoms. The summed E-state index contributed by atoms with van der Waals surface area (Å²) in [7, 11) is 0. The number of hydrogen-bond acceptors (Lipinski definition) is 5. The smallest absolute Gasteiger partial charge is 0.252 e. The first-order valence-electron chi connectivity index (χ1n) is 9.98. The third kappa shape index (κ3) is 3.68. The number of benzene rings is 1. The minimum atomic E-state index is -0.390. The molecule has 2 heterocycles. The maximum Gasteiger partial charge on any atom is 0.252 e. The highest BCUT2D eigenvalue weighted by molar-refractivity contribution is 6.33. The van der Waals surface area contributed by atoms with Gasteiger partial charge in [-0.1, -0.05) is 17.7 Å². The zero-order valence-corrected chi connectivity index (χ0v) is 16.5. The van der Waals surface area contributed by atoms with Gasteiger partial charge in [0.05, 0.1) is 29.1 Å². The van der Waals surface area contributed by atoms with Crippen LogP contribution in [0.15, 0.2) is 30.5 Å². The standard InChI is InChI=1S/C21H22ClN5O2/c22-14-10-23-21(26-16-5-2-6-18(16)28)27-19(14)17-9-13-12(3-1-4-15(13)25-17)20(29)24-11-7-8-11/h1,3-4,9-11,16,18,25,28H,2,5-8H2,(H,24,29)(H,23,26,27)/t16-,18-/m1/s1. The number of amides is 1. The van der Waals surface area contributed by atoms with Gasteiger partial charge in [0, 0.05) is 22.5 Å². The topological polar surface area (TPSA) is 103 Å². The van der Waals surface area contributed by atoms with Gasteiger partial charge in [0.2, 0.25) is 5.95 Å². The van der Waals surface area contributed by atoms with Crippen molar-refractivity contribution >= 4 is 34.4 Å². The summed E-state index contributed by atoms with van der Waals surface area (Å²) in [4.78, 5) is 24.7. The Morgan fingerprint density at radius 2 is 2.10 bits per heavy atom. The van der Waals surface area contributed by atoms with Crippen molar-refractivity contribution in [2.75, 3.05) is 5.32 Å². The van der Waals surface area contributed by atoms with Crippen LogP contribution >= 0.6 is 11.6 Å². The van der Waals surface area contributed by atoms with Crippen LogP contribution in [0.3, 0.4) is 0 Å². The van der Waals surface area contributed by atoms with Gasteiger partial charge in [0.15, 0.2) is 0 Å². The molecule has 2 aliphatic carbocycles. The number of rotatable bonds is 5. The van der Waals surface area contributed by atoms with Gasteiger partial charge < -0.3 is 20.7 Å². The predicted molar refractivity (Wildman–Crippen MR) is 112 cm³/mol. The minimum absolute atomic E-state index is 0.0514. The van der Waals surface area contributed by atoms with Gasteiger partial charge in [-0.25, -0.2) is 9.97 Å². The highest BCUT2D eigenvalue weighted by atomic mass is 35.5. The first-order valence-corrected chi connectivity index (χ1v) is 10.4. The molecule has 29 heavy (non-hydrogen) atoms. The lowest BCUT2D eigenvalue weighted by molar-refractivity contribution is 0.0952. The third-order valence-corrected chi connectivity index (χ3v) is 5.89. The van der Waals surface area contributed by atoms with Crippen LogP contribution < -0.4 is 10.6 Å². The molecule has 7 nitrogen and oxygen atoms in total. The largest absolute Gasteiger partial charge is 0.391 e. The van der Waals surface area contributed by atoms with Crippen molar-refractivity contribution in [2.24, 2.45) is 0 Å². The van der Waals surface area contributed by atoms with Crippen molar-refractivity contribution < 1.29 is 9.90 Å². The molecule has 0 aliphatic heterocycles. The molecule has 0 radical (unpaired) electrons. The zero-order chi connectivity index (χ0) is 20.0. The van der Waals surface area contributed by atoms with E-state index in [4.69, 9.17) is 11.6 Å². The number of fused-ring (bicyclic) bond motifs is 1. The molecule has 5 rings (SSSR count). The van der Waals surface area contributed by atoms with Gasteiger partial charge in [0.1, 0.15) is 5.69 Å². The fourth-order valence-electron chi connectivity index (χ4n) is 3.87. The molecule has 1 aromatic carbocycles. The monoisotopic (exact) mass is 411 g/mol. The van der Waals surface area contributed by atoms with Gasteiger partial charge in [-0.15, -0.1) is 0 Å². The summed E-state index contributed by atoms with van der Waals surface area (Å²) in [6.07, 6.45) is 5.90. The van der Waals surface area contributed by atoms with Gasteiger partial charge >= 0.3 is 0 Å². The van der Waals surface area contributed by atoms with Crippen LogP contribution in [-0.2, 0) is 0 Å². The summed E-state index contributed by atoms with van der Waals surface area (Å²) in [5, 5.41) is 17.5. The second kappa shape index (κ2) is 7.31. The van der Waals surface area contributed by atoms with E-state index in [9.17, 15) is 9.90 Å². The van der Waals surface area contributed by atoms with E-state index in [0.29, 0.717) is 34.0 Å². The fourth-order valence-corrected chi connectivity index (χ4v) is 4.06. The normalized spacial score (nSPS) is 21.4. The van der Waals surface area contributed by atoms with E-state index in [0.717, 1.165) is 43.0 Å². The van der Waals surface area contributed by atoms with Gasteiger partial charge in [0.25, 0.3) is 5.91 Å². The summed E-state index contributed by atoms with van der Waals surface area (Å²) in [6, 6.07) is 7.76. The van der Waals surface area contributed by atoms with Crippen LogP contribution in [0.25, 0.3) is 22.3 Å². The fraction of sp³-hybridized carbons (Fsp3) is 0.381. The molecule has 0 saturated heterocycles. The summed E-state index contributed by atoms with van der Waals surface area (Å²) >= 11 is 6.38. The second-order valence-corrected chi connectivity index (χ2v) is 8.24. The molecule has 2 aliphatic rings. The Balaban J connectivity index is 1.48. The molecule has 3 aromatic rings. The number of aliphatic hydroxyl groups excluding tert-OH is 1. The Kier molecular flexibility index (Phi) is 4.64. The van der Waals surface area contributed by atoms with Gasteiger partial charge in [-0.3, -0.25) is 4.79 Å². The third-order valence-electron chi connectivity index (χ3n) is 5.61. The van der Waals surface area contributed by atoms with E-state index >= 15 is 0 Å². The molecule has 2 saturated carbocycles. The van der Waals surface area contributed by atoms with Gasteiger partial charge in [-0.05, 0) is 50.3 Å². The number of carbonyl (C=O) groups excluding carboxylic acids is 1. The number of anilines is 1. The van der Waals surface area contributed by atoms with Crippen molar-refractivity contribution in [3.05, 3.63) is 41.0 Å². The Labute approximate surface area is 172 Å². The van der Waals surface area contributed by atoms with Crippen molar-refractivity contribution in [1.82, 2.24) is 20.3 Å². The summed E-state index contributed by atoms with van der Waals surface area (Å²) in [6.45, 7) is 0. The van der Waals surface area contributed by atoms with Crippen molar-refractivity contribution in [1.29, 1.82) is 0 Å². The molecule has 2 atom stereocenters. The summed E-state index contributed by atoms with van der Waals surface area (Å²) in [5.74, 6) is 0.371. The molecule has 0 unspecified atom stereocenters. The SMILES string of the molecule is O=C(NC1CC1)c1cccc2[nH]c(-c3nc(N[C@@H]4CCC[C@H]4O)ncc3Cl)cc12. The Morgan fingerprint density at radius 1 is 1.24 bits per heavy atom. The summed E-state index contributed by atoms with van der Waals surface area (Å²) < 4.78 is 0. The number of nitrogens with zero attached hydrogens (tertiary/aromatic N) is 2. The number of aromatic amines is 1. The van der Waals surface area contributed by atoms with Crippen LogP contribution in [0.2, 0.25) is 5.02 Å². The predicted octanol–water partition coefficient (Wildman–Crippen LogP) is 3.50. The Morgan fingerprint density at radius 3 is 2.86 bits per heavy atom. The van der Waals surface area contributed by atoms with E-state index in [1.54, 1.807) is 6.20 Å². The number of halogens is 1. The van der Waals surface area contributed by atoms with Gasteiger partial charge in [-0.2, -0.15) is 0 Å². The first kappa shape index (κ1) is 18.4. The van der Waals surface area contributed by atoms with E-state index < -0.39 is 6.10 Å². The highest BCUT2D eigenvalue weighted by Crippen LogP contribution is 2.31. The quantitative estimate of drug-likeness (QED) is 0.514. The average Bonchev–Trinajstić information content (AvgIpc) is 3.27. The Bertz CT molecular complexity index is 1080. The molecule has 0 bridgehead atoms. The molecule has 4 N–H and O–H groups in total. The van der Waals surface area contributed by atoms with Crippen molar-refractivity contribution in [3.63, 3.8) is 0 Å². The average molecular weight is 412 g/mol. The number of hydrogen-bond donors (Lipinski definition) is 4. The molecular weight excluding hydrogens is 390 g/mol. The van der Waals surface area contributed by atoms with Crippen LogP contribution in [0.5, 0.6) is 0 Å². The maximum atomic E-state index is 12.6. The molecule has 2 aromatic heterocycles. The molecule has 2 fully saturated rings. The van der Waals surface area contributed by atoms with Crippen LogP contribution in [-0.4, -0.2) is 44.2 Å². The lowest BCUT2D eigenvalue weighted by Gasteiger charge is -2.16. The Hall–Kier alpha value is -2.64. The maximum absolute atomic E-state index is 12.6. The van der Waals surface area contributed by atoms with Crippen LogP contribution in [0.1, 0.15) is 42.5 Å². The number of nitrogens with one attached hydrogen (secondary N) is 3. The van der Waals surface area contributed by atoms with Crippen molar-refractivity contribution in [3.8, 4) is 11.4 Å². The number of aromatic nitrogens is 3. The number of H-pyrrole nitrogens is 1. The summed E-state index contributed by atoms with van der Waals surface area (Å²) in [5.41, 5.74) is 2.75. The van der Waals surface area contributed by atoms with Crippen LogP contribution in [0.4, 0.5) is 5.95 Å². The lowest BCUT2D eigenvalue weighted by Crippen LogP contribution is -2.28. The van der Waals surface area contributed by atoms with Crippen LogP contribution in [0, 0.1) is 0 Å². The first-order chi connectivity index (χ1) is 14.1. The van der Waals surface area contributed by atoms with E-state index in [1.807, 2.05) is 24.3 Å². The zero-order valence-electron chi connectivity index (χ0n) is 15.8. The highest BCUT2D eigenvalue weighted by Gasteiger charge is 2.27. The minimum Gasteiger partial charge on any atom is -0.391 e. The lowest BCUT2D eigenvalue weighted by atomic mass is 10.1. The molecular formula is C21H22ClN5O2. The molecule has 150 valence electrons. The molecule has 0 spiro atoms. The second-order valence-electron chi connectivity index (χ2n) is 7.84. The van der Waals surface area contributed by atoms with E-state index in [-0.39, 0.29) is 11.9 Å². The number of carbonyl (C=O) groups is 1. The molecule has 1 amide bonds. The number of aliphatic hydroxyl groups is 1.